The maximum absolute atomic E-state index is 12.6. The van der Waals surface area contributed by atoms with E-state index in [1.54, 1.807) is 13.8 Å². The number of nitrogens with zero attached hydrogens (tertiary/aromatic N) is 1. The molecule has 1 N–H and O–H groups in total. The van der Waals surface area contributed by atoms with Crippen LogP contribution >= 0.6 is 11.3 Å². The van der Waals surface area contributed by atoms with Gasteiger partial charge in [0.2, 0.25) is 0 Å². The van der Waals surface area contributed by atoms with Crippen molar-refractivity contribution in [3.05, 3.63) is 15.6 Å². The molecule has 0 bridgehead atoms. The van der Waals surface area contributed by atoms with E-state index in [9.17, 15) is 18.0 Å². The Labute approximate surface area is 93.9 Å². The number of aliphatic carboxylic acids is 1. The number of alkyl halides is 3. The lowest BCUT2D eigenvalue weighted by atomic mass is 10.1. The van der Waals surface area contributed by atoms with Gasteiger partial charge in [-0.2, -0.15) is 13.2 Å². The van der Waals surface area contributed by atoms with Crippen molar-refractivity contribution in [2.45, 2.75) is 32.4 Å². The highest BCUT2D eigenvalue weighted by atomic mass is 32.1. The molecule has 1 rings (SSSR count). The highest BCUT2D eigenvalue weighted by molar-refractivity contribution is 7.12. The van der Waals surface area contributed by atoms with Crippen LogP contribution < -0.4 is 0 Å². The second kappa shape index (κ2) is 4.40. The van der Waals surface area contributed by atoms with Crippen LogP contribution in [0.3, 0.4) is 0 Å². The van der Waals surface area contributed by atoms with Gasteiger partial charge in [-0.15, -0.1) is 11.3 Å². The van der Waals surface area contributed by atoms with Crippen molar-refractivity contribution in [2.24, 2.45) is 0 Å². The summed E-state index contributed by atoms with van der Waals surface area (Å²) in [5.41, 5.74) is -0.955. The van der Waals surface area contributed by atoms with E-state index in [4.69, 9.17) is 5.11 Å². The summed E-state index contributed by atoms with van der Waals surface area (Å²) in [4.78, 5) is 13.8. The van der Waals surface area contributed by atoms with Gasteiger partial charge in [0.25, 0.3) is 0 Å². The van der Waals surface area contributed by atoms with E-state index in [1.165, 1.54) is 0 Å². The molecule has 0 amide bonds. The number of thiazole rings is 1. The Kier molecular flexibility index (Phi) is 3.57. The highest BCUT2D eigenvalue weighted by Crippen LogP contribution is 2.38. The molecule has 90 valence electrons. The lowest BCUT2D eigenvalue weighted by molar-refractivity contribution is -0.142. The third-order valence-corrected chi connectivity index (χ3v) is 3.15. The van der Waals surface area contributed by atoms with E-state index in [-0.39, 0.29) is 15.8 Å². The SMILES string of the molecule is CC(C)c1sc(CC(=O)O)nc1C(F)(F)F. The number of halogens is 3. The Balaban J connectivity index is 3.15. The first-order valence-electron chi connectivity index (χ1n) is 4.50. The Morgan fingerprint density at radius 3 is 2.38 bits per heavy atom. The predicted molar refractivity (Wildman–Crippen MR) is 52.5 cm³/mol. The Hall–Kier alpha value is -1.11. The van der Waals surface area contributed by atoms with Gasteiger partial charge in [0, 0.05) is 4.88 Å². The summed E-state index contributed by atoms with van der Waals surface area (Å²) in [6.07, 6.45) is -4.99. The molecule has 7 heteroatoms. The quantitative estimate of drug-likeness (QED) is 0.901. The Morgan fingerprint density at radius 1 is 1.50 bits per heavy atom. The smallest absolute Gasteiger partial charge is 0.434 e. The number of hydrogen-bond donors (Lipinski definition) is 1. The molecule has 0 aliphatic carbocycles. The van der Waals surface area contributed by atoms with E-state index in [0.29, 0.717) is 0 Å². The number of aromatic nitrogens is 1. The fourth-order valence-electron chi connectivity index (χ4n) is 1.18. The monoisotopic (exact) mass is 253 g/mol. The van der Waals surface area contributed by atoms with Crippen molar-refractivity contribution in [3.63, 3.8) is 0 Å². The summed E-state index contributed by atoms with van der Waals surface area (Å²) in [6.45, 7) is 3.24. The number of carboxylic acid groups (broad SMARTS) is 1. The molecule has 0 aliphatic rings. The molecule has 0 aromatic carbocycles. The molecule has 0 aliphatic heterocycles. The number of rotatable bonds is 3. The van der Waals surface area contributed by atoms with Crippen LogP contribution in [-0.2, 0) is 17.4 Å². The second-order valence-corrected chi connectivity index (χ2v) is 4.66. The van der Waals surface area contributed by atoms with Gasteiger partial charge >= 0.3 is 12.1 Å². The first kappa shape index (κ1) is 13.0. The molecule has 0 saturated heterocycles. The summed E-state index contributed by atoms with van der Waals surface area (Å²) in [6, 6.07) is 0. The van der Waals surface area contributed by atoms with Crippen molar-refractivity contribution in [2.75, 3.05) is 0 Å². The zero-order valence-corrected chi connectivity index (χ0v) is 9.45. The molecule has 0 fully saturated rings. The van der Waals surface area contributed by atoms with Crippen molar-refractivity contribution in [3.8, 4) is 0 Å². The van der Waals surface area contributed by atoms with Gasteiger partial charge in [-0.25, -0.2) is 4.98 Å². The average Bonchev–Trinajstić information content (AvgIpc) is 2.45. The largest absolute Gasteiger partial charge is 0.481 e. The summed E-state index contributed by atoms with van der Waals surface area (Å²) in [7, 11) is 0. The third-order valence-electron chi connectivity index (χ3n) is 1.79. The standard InChI is InChI=1S/C9H10F3NO2S/c1-4(2)7-8(9(10,11)12)13-5(16-7)3-6(14)15/h4H,3H2,1-2H3,(H,14,15). The lowest BCUT2D eigenvalue weighted by Crippen LogP contribution is -2.09. The van der Waals surface area contributed by atoms with Crippen LogP contribution in [0, 0.1) is 0 Å². The zero-order chi connectivity index (χ0) is 12.5. The van der Waals surface area contributed by atoms with Gasteiger partial charge in [-0.3, -0.25) is 4.79 Å². The van der Waals surface area contributed by atoms with Crippen LogP contribution in [0.1, 0.15) is 35.3 Å². The topological polar surface area (TPSA) is 50.2 Å². The third kappa shape index (κ3) is 2.94. The van der Waals surface area contributed by atoms with E-state index >= 15 is 0 Å². The maximum atomic E-state index is 12.6. The van der Waals surface area contributed by atoms with Gasteiger partial charge in [0.15, 0.2) is 5.69 Å². The molecule has 0 atom stereocenters. The molecular formula is C9H10F3NO2S. The highest BCUT2D eigenvalue weighted by Gasteiger charge is 2.38. The fraction of sp³-hybridized carbons (Fsp3) is 0.556. The predicted octanol–water partition coefficient (Wildman–Crippen LogP) is 2.91. The summed E-state index contributed by atoms with van der Waals surface area (Å²) >= 11 is 0.811. The minimum absolute atomic E-state index is 0.0106. The minimum atomic E-state index is -4.52. The fourth-order valence-corrected chi connectivity index (χ4v) is 2.26. The normalized spacial score (nSPS) is 12.1. The summed E-state index contributed by atoms with van der Waals surface area (Å²) in [5, 5.41) is 8.48. The van der Waals surface area contributed by atoms with Crippen molar-refractivity contribution in [1.29, 1.82) is 0 Å². The van der Waals surface area contributed by atoms with Crippen LogP contribution in [0.25, 0.3) is 0 Å². The van der Waals surface area contributed by atoms with Gasteiger partial charge in [-0.1, -0.05) is 13.8 Å². The van der Waals surface area contributed by atoms with Crippen LogP contribution in [0.5, 0.6) is 0 Å². The molecule has 0 saturated carbocycles. The lowest BCUT2D eigenvalue weighted by Gasteiger charge is -2.07. The second-order valence-electron chi connectivity index (χ2n) is 3.54. The molecule has 1 aromatic rings. The summed E-state index contributed by atoms with van der Waals surface area (Å²) < 4.78 is 37.7. The van der Waals surface area contributed by atoms with E-state index in [1.807, 2.05) is 0 Å². The van der Waals surface area contributed by atoms with Crippen LogP contribution in [-0.4, -0.2) is 16.1 Å². The van der Waals surface area contributed by atoms with Gasteiger partial charge in [-0.05, 0) is 5.92 Å². The zero-order valence-electron chi connectivity index (χ0n) is 8.63. The van der Waals surface area contributed by atoms with Gasteiger partial charge < -0.3 is 5.11 Å². The van der Waals surface area contributed by atoms with Crippen LogP contribution in [0.15, 0.2) is 0 Å². The van der Waals surface area contributed by atoms with E-state index in [2.05, 4.69) is 4.98 Å². The molecule has 0 spiro atoms. The van der Waals surface area contributed by atoms with Crippen molar-refractivity contribution < 1.29 is 23.1 Å². The number of carbonyl (C=O) groups is 1. The minimum Gasteiger partial charge on any atom is -0.481 e. The van der Waals surface area contributed by atoms with Gasteiger partial charge in [0.1, 0.15) is 5.01 Å². The Morgan fingerprint density at radius 2 is 2.06 bits per heavy atom. The molecule has 1 aromatic heterocycles. The first-order valence-corrected chi connectivity index (χ1v) is 5.32. The number of hydrogen-bond acceptors (Lipinski definition) is 3. The Bertz CT molecular complexity index is 398. The van der Waals surface area contributed by atoms with E-state index < -0.39 is 24.3 Å². The summed E-state index contributed by atoms with van der Waals surface area (Å²) in [5.74, 6) is -1.51. The van der Waals surface area contributed by atoms with Gasteiger partial charge in [0.05, 0.1) is 6.42 Å². The molecule has 1 heterocycles. The number of carboxylic acids is 1. The van der Waals surface area contributed by atoms with Crippen LogP contribution in [0.2, 0.25) is 0 Å². The van der Waals surface area contributed by atoms with Crippen molar-refractivity contribution >= 4 is 17.3 Å². The maximum Gasteiger partial charge on any atom is 0.434 e. The molecule has 0 unspecified atom stereocenters. The molecule has 16 heavy (non-hydrogen) atoms. The van der Waals surface area contributed by atoms with Crippen molar-refractivity contribution in [1.82, 2.24) is 4.98 Å². The first-order chi connectivity index (χ1) is 7.21. The molecule has 0 radical (unpaired) electrons. The average molecular weight is 253 g/mol. The molecular weight excluding hydrogens is 243 g/mol. The van der Waals surface area contributed by atoms with Crippen LogP contribution in [0.4, 0.5) is 13.2 Å². The molecule has 3 nitrogen and oxygen atoms in total. The van der Waals surface area contributed by atoms with E-state index in [0.717, 1.165) is 11.3 Å².